The van der Waals surface area contributed by atoms with E-state index in [1.54, 1.807) is 6.20 Å². The molecule has 9 heteroatoms. The maximum absolute atomic E-state index is 12.8. The first-order valence-electron chi connectivity index (χ1n) is 10.8. The van der Waals surface area contributed by atoms with Crippen molar-refractivity contribution < 1.29 is 24.6 Å². The second kappa shape index (κ2) is 10.9. The number of carboxylic acids is 1. The van der Waals surface area contributed by atoms with E-state index < -0.39 is 5.97 Å². The van der Waals surface area contributed by atoms with Crippen LogP contribution in [0.2, 0.25) is 0 Å². The largest absolute Gasteiger partial charge is 0.483 e. The molecule has 32 heavy (non-hydrogen) atoms. The van der Waals surface area contributed by atoms with E-state index >= 15 is 0 Å². The van der Waals surface area contributed by atoms with E-state index in [9.17, 15) is 14.7 Å². The summed E-state index contributed by atoms with van der Waals surface area (Å²) >= 11 is 0. The van der Waals surface area contributed by atoms with E-state index in [2.05, 4.69) is 34.5 Å². The van der Waals surface area contributed by atoms with Gasteiger partial charge in [0.15, 0.2) is 0 Å². The summed E-state index contributed by atoms with van der Waals surface area (Å²) in [7, 11) is 0. The highest BCUT2D eigenvalue weighted by atomic mass is 16.4. The fourth-order valence-corrected chi connectivity index (χ4v) is 5.01. The number of hydrogen-bond acceptors (Lipinski definition) is 5. The Morgan fingerprint density at radius 3 is 2.56 bits per heavy atom. The highest BCUT2D eigenvalue weighted by molar-refractivity contribution is 5.77. The Morgan fingerprint density at radius 1 is 1.16 bits per heavy atom. The van der Waals surface area contributed by atoms with Gasteiger partial charge in [-0.05, 0) is 36.3 Å². The summed E-state index contributed by atoms with van der Waals surface area (Å²) < 4.78 is 0. The number of nitrogens with zero attached hydrogens (tertiary/aromatic N) is 3. The molecule has 0 radical (unpaired) electrons. The summed E-state index contributed by atoms with van der Waals surface area (Å²) in [6.45, 7) is 2.80. The molecule has 4 rings (SSSR count). The van der Waals surface area contributed by atoms with Gasteiger partial charge < -0.3 is 15.1 Å². The van der Waals surface area contributed by atoms with Crippen molar-refractivity contribution in [2.75, 3.05) is 32.7 Å². The maximum Gasteiger partial charge on any atom is 0.317 e. The lowest BCUT2D eigenvalue weighted by Gasteiger charge is -2.29. The summed E-state index contributed by atoms with van der Waals surface area (Å²) in [6.07, 6.45) is 6.70. The molecule has 2 saturated heterocycles. The summed E-state index contributed by atoms with van der Waals surface area (Å²) in [6, 6.07) is 10.4. The Balaban J connectivity index is 0.000000913. The van der Waals surface area contributed by atoms with Crippen LogP contribution in [0.3, 0.4) is 0 Å². The van der Waals surface area contributed by atoms with Crippen molar-refractivity contribution in [3.8, 4) is 0 Å². The van der Waals surface area contributed by atoms with Crippen LogP contribution < -0.4 is 0 Å². The van der Waals surface area contributed by atoms with Crippen LogP contribution in [0.25, 0.3) is 0 Å². The van der Waals surface area contributed by atoms with Gasteiger partial charge in [0.1, 0.15) is 0 Å². The molecule has 1 aromatic heterocycles. The lowest BCUT2D eigenvalue weighted by Crippen LogP contribution is -2.38. The van der Waals surface area contributed by atoms with Gasteiger partial charge >= 0.3 is 5.97 Å². The first kappa shape index (κ1) is 23.5. The normalized spacial score (nSPS) is 22.1. The zero-order valence-corrected chi connectivity index (χ0v) is 18.0. The minimum absolute atomic E-state index is 0.0173. The molecule has 9 nitrogen and oxygen atoms in total. The first-order valence-corrected chi connectivity index (χ1v) is 10.8. The topological polar surface area (TPSA) is 127 Å². The predicted molar refractivity (Wildman–Crippen MR) is 117 cm³/mol. The van der Waals surface area contributed by atoms with Crippen molar-refractivity contribution >= 4 is 18.3 Å². The van der Waals surface area contributed by atoms with Gasteiger partial charge in [0.2, 0.25) is 5.91 Å². The molecule has 1 amide bonds. The Labute approximate surface area is 187 Å². The molecule has 2 aromatic rings. The number of carbonyl (C=O) groups excluding carboxylic acids is 1. The number of rotatable bonds is 8. The molecular weight excluding hydrogens is 412 g/mol. The van der Waals surface area contributed by atoms with Crippen LogP contribution in [0, 0.1) is 11.3 Å². The third-order valence-corrected chi connectivity index (χ3v) is 6.48. The number of likely N-dealkylation sites (tertiary alicyclic amines) is 2. The highest BCUT2D eigenvalue weighted by Crippen LogP contribution is 2.46. The van der Waals surface area contributed by atoms with Gasteiger partial charge in [-0.3, -0.25) is 24.4 Å². The Hall–Kier alpha value is -3.20. The maximum atomic E-state index is 12.8. The van der Waals surface area contributed by atoms with Crippen molar-refractivity contribution in [2.24, 2.45) is 11.3 Å². The molecule has 0 spiro atoms. The molecule has 2 atom stereocenters. The van der Waals surface area contributed by atoms with E-state index in [0.717, 1.165) is 44.6 Å². The van der Waals surface area contributed by atoms with Gasteiger partial charge in [0, 0.05) is 44.2 Å². The Bertz CT molecular complexity index is 889. The van der Waals surface area contributed by atoms with Crippen molar-refractivity contribution in [1.82, 2.24) is 20.0 Å². The molecule has 2 aliphatic heterocycles. The van der Waals surface area contributed by atoms with Gasteiger partial charge in [-0.1, -0.05) is 30.3 Å². The smallest absolute Gasteiger partial charge is 0.317 e. The zero-order valence-electron chi connectivity index (χ0n) is 18.0. The molecular formula is C23H30N4O5. The van der Waals surface area contributed by atoms with Crippen LogP contribution in [0.15, 0.2) is 42.7 Å². The SMILES string of the molecule is O=C(O)CN1CC2CN(C(=O)CCc3cn[nH]c3)CC2(CCc2ccccc2)C1.O=CO. The van der Waals surface area contributed by atoms with Crippen LogP contribution >= 0.6 is 0 Å². The quantitative estimate of drug-likeness (QED) is 0.529. The van der Waals surface area contributed by atoms with Crippen LogP contribution in [0.5, 0.6) is 0 Å². The van der Waals surface area contributed by atoms with Crippen LogP contribution in [0.4, 0.5) is 0 Å². The first-order chi connectivity index (χ1) is 15.5. The molecule has 172 valence electrons. The molecule has 2 fully saturated rings. The van der Waals surface area contributed by atoms with Gasteiger partial charge in [-0.25, -0.2) is 0 Å². The third-order valence-electron chi connectivity index (χ3n) is 6.48. The highest BCUT2D eigenvalue weighted by Gasteiger charge is 2.52. The fraction of sp³-hybridized carbons (Fsp3) is 0.478. The third kappa shape index (κ3) is 5.94. The van der Waals surface area contributed by atoms with E-state index in [4.69, 9.17) is 9.90 Å². The molecule has 2 aliphatic rings. The van der Waals surface area contributed by atoms with Crippen LogP contribution in [0.1, 0.15) is 24.0 Å². The lowest BCUT2D eigenvalue weighted by atomic mass is 9.76. The molecule has 0 aliphatic carbocycles. The average molecular weight is 443 g/mol. The van der Waals surface area contributed by atoms with Gasteiger partial charge in [0.25, 0.3) is 6.47 Å². The Morgan fingerprint density at radius 2 is 1.91 bits per heavy atom. The molecule has 0 saturated carbocycles. The number of carbonyl (C=O) groups is 3. The number of H-pyrrole nitrogens is 1. The molecule has 3 N–H and O–H groups in total. The second-order valence-corrected chi connectivity index (χ2v) is 8.59. The summed E-state index contributed by atoms with van der Waals surface area (Å²) in [5, 5.41) is 22.8. The van der Waals surface area contributed by atoms with E-state index in [1.807, 2.05) is 22.1 Å². The second-order valence-electron chi connectivity index (χ2n) is 8.59. The fourth-order valence-electron chi connectivity index (χ4n) is 5.01. The number of nitrogens with one attached hydrogen (secondary N) is 1. The van der Waals surface area contributed by atoms with Crippen molar-refractivity contribution in [1.29, 1.82) is 0 Å². The number of aryl methyl sites for hydroxylation is 2. The van der Waals surface area contributed by atoms with Crippen LogP contribution in [-0.2, 0) is 27.2 Å². The van der Waals surface area contributed by atoms with Gasteiger partial charge in [-0.15, -0.1) is 0 Å². The number of fused-ring (bicyclic) bond motifs is 1. The molecule has 2 unspecified atom stereocenters. The number of benzene rings is 1. The summed E-state index contributed by atoms with van der Waals surface area (Å²) in [5.74, 6) is -0.260. The summed E-state index contributed by atoms with van der Waals surface area (Å²) in [4.78, 5) is 36.5. The van der Waals surface area contributed by atoms with E-state index in [1.165, 1.54) is 5.56 Å². The monoisotopic (exact) mass is 442 g/mol. The van der Waals surface area contributed by atoms with E-state index in [0.29, 0.717) is 18.8 Å². The average Bonchev–Trinajstić information content (AvgIpc) is 3.46. The van der Waals surface area contributed by atoms with Crippen molar-refractivity contribution in [3.05, 3.63) is 53.9 Å². The van der Waals surface area contributed by atoms with Crippen LogP contribution in [-0.4, -0.2) is 81.3 Å². The molecule has 0 bridgehead atoms. The van der Waals surface area contributed by atoms with Gasteiger partial charge in [0.05, 0.1) is 12.7 Å². The lowest BCUT2D eigenvalue weighted by molar-refractivity contribution is -0.138. The zero-order chi connectivity index (χ0) is 23.0. The van der Waals surface area contributed by atoms with E-state index in [-0.39, 0.29) is 24.3 Å². The minimum atomic E-state index is -0.781. The molecule has 1 aromatic carbocycles. The standard InChI is InChI=1S/C22H28N4O3.CH2O2/c27-20(7-6-18-10-23-24-11-18)26-13-19-12-25(14-21(28)29)15-22(19,16-26)9-8-17-4-2-1-3-5-17;2-1-3/h1-5,10-11,19H,6-9,12-16H2,(H,23,24)(H,28,29);1H,(H,2,3). The number of amides is 1. The van der Waals surface area contributed by atoms with Crippen molar-refractivity contribution in [2.45, 2.75) is 25.7 Å². The number of aromatic amines is 1. The number of aliphatic carboxylic acids is 1. The molecule has 3 heterocycles. The van der Waals surface area contributed by atoms with Crippen molar-refractivity contribution in [3.63, 3.8) is 0 Å². The van der Waals surface area contributed by atoms with Gasteiger partial charge in [-0.2, -0.15) is 5.10 Å². The number of aromatic nitrogens is 2. The number of carboxylic acid groups (broad SMARTS) is 2. The predicted octanol–water partition coefficient (Wildman–Crippen LogP) is 1.52. The number of hydrogen-bond donors (Lipinski definition) is 3. The summed E-state index contributed by atoms with van der Waals surface area (Å²) in [5.41, 5.74) is 2.32. The Kier molecular flexibility index (Phi) is 7.99. The minimum Gasteiger partial charge on any atom is -0.483 e.